The maximum absolute atomic E-state index is 4.37. The molecule has 3 nitrogen and oxygen atoms in total. The Morgan fingerprint density at radius 1 is 1.24 bits per heavy atom. The SMILES string of the molecule is CCCNCc1ccc(N(C)Cc2ccccn2)cc1Br. The molecular weight excluding hydrogens is 326 g/mol. The van der Waals surface area contributed by atoms with Gasteiger partial charge in [-0.3, -0.25) is 4.98 Å². The third kappa shape index (κ3) is 4.83. The molecule has 0 fully saturated rings. The van der Waals surface area contributed by atoms with Crippen molar-refractivity contribution in [3.63, 3.8) is 0 Å². The van der Waals surface area contributed by atoms with Crippen molar-refractivity contribution in [1.29, 1.82) is 0 Å². The van der Waals surface area contributed by atoms with Gasteiger partial charge in [-0.15, -0.1) is 0 Å². The molecule has 0 unspecified atom stereocenters. The Bertz CT molecular complexity index is 557. The first-order valence-electron chi connectivity index (χ1n) is 7.31. The molecule has 0 saturated heterocycles. The Hall–Kier alpha value is -1.39. The number of nitrogens with one attached hydrogen (secondary N) is 1. The van der Waals surface area contributed by atoms with Crippen molar-refractivity contribution in [3.8, 4) is 0 Å². The number of anilines is 1. The van der Waals surface area contributed by atoms with E-state index in [0.29, 0.717) is 0 Å². The summed E-state index contributed by atoms with van der Waals surface area (Å²) in [6.45, 7) is 4.94. The Morgan fingerprint density at radius 2 is 2.10 bits per heavy atom. The first-order valence-corrected chi connectivity index (χ1v) is 8.10. The fourth-order valence-electron chi connectivity index (χ4n) is 2.14. The van der Waals surface area contributed by atoms with Crippen molar-refractivity contribution < 1.29 is 0 Å². The molecule has 21 heavy (non-hydrogen) atoms. The van der Waals surface area contributed by atoms with Crippen molar-refractivity contribution in [2.24, 2.45) is 0 Å². The fourth-order valence-corrected chi connectivity index (χ4v) is 2.65. The predicted octanol–water partition coefficient (Wildman–Crippen LogP) is 3.98. The normalized spacial score (nSPS) is 10.6. The second-order valence-electron chi connectivity index (χ2n) is 5.13. The van der Waals surface area contributed by atoms with Gasteiger partial charge in [0, 0.05) is 29.9 Å². The number of rotatable bonds is 7. The van der Waals surface area contributed by atoms with E-state index in [1.807, 2.05) is 18.3 Å². The zero-order chi connectivity index (χ0) is 15.1. The summed E-state index contributed by atoms with van der Waals surface area (Å²) in [5, 5.41) is 3.43. The third-order valence-corrected chi connectivity index (χ3v) is 4.08. The number of pyridine rings is 1. The molecule has 0 amide bonds. The monoisotopic (exact) mass is 347 g/mol. The summed E-state index contributed by atoms with van der Waals surface area (Å²) in [5.74, 6) is 0. The Morgan fingerprint density at radius 3 is 2.76 bits per heavy atom. The molecule has 0 aliphatic heterocycles. The first-order chi connectivity index (χ1) is 10.2. The van der Waals surface area contributed by atoms with Crippen LogP contribution in [0, 0.1) is 0 Å². The first kappa shape index (κ1) is 16.0. The van der Waals surface area contributed by atoms with E-state index in [1.165, 1.54) is 11.3 Å². The summed E-state index contributed by atoms with van der Waals surface area (Å²) in [7, 11) is 2.09. The molecule has 1 heterocycles. The van der Waals surface area contributed by atoms with Crippen molar-refractivity contribution in [2.45, 2.75) is 26.4 Å². The number of benzene rings is 1. The van der Waals surface area contributed by atoms with Gasteiger partial charge < -0.3 is 10.2 Å². The largest absolute Gasteiger partial charge is 0.369 e. The summed E-state index contributed by atoms with van der Waals surface area (Å²) in [6, 6.07) is 12.5. The highest BCUT2D eigenvalue weighted by molar-refractivity contribution is 9.10. The lowest BCUT2D eigenvalue weighted by Crippen LogP contribution is -2.18. The van der Waals surface area contributed by atoms with Gasteiger partial charge in [0.05, 0.1) is 12.2 Å². The Labute approximate surface area is 135 Å². The highest BCUT2D eigenvalue weighted by atomic mass is 79.9. The van der Waals surface area contributed by atoms with Gasteiger partial charge in [0.15, 0.2) is 0 Å². The molecule has 0 saturated carbocycles. The number of nitrogens with zero attached hydrogens (tertiary/aromatic N) is 2. The van der Waals surface area contributed by atoms with Gasteiger partial charge in [0.1, 0.15) is 0 Å². The fraction of sp³-hybridized carbons (Fsp3) is 0.353. The molecular formula is C17H22BrN3. The van der Waals surface area contributed by atoms with E-state index >= 15 is 0 Å². The molecule has 1 N–H and O–H groups in total. The second kappa shape index (κ2) is 8.15. The molecule has 4 heteroatoms. The minimum absolute atomic E-state index is 0.806. The van der Waals surface area contributed by atoms with E-state index < -0.39 is 0 Å². The van der Waals surface area contributed by atoms with Gasteiger partial charge in [0.2, 0.25) is 0 Å². The van der Waals surface area contributed by atoms with Crippen LogP contribution in [-0.4, -0.2) is 18.6 Å². The molecule has 1 aromatic carbocycles. The minimum atomic E-state index is 0.806. The minimum Gasteiger partial charge on any atom is -0.369 e. The quantitative estimate of drug-likeness (QED) is 0.767. The average Bonchev–Trinajstić information content (AvgIpc) is 2.50. The third-order valence-electron chi connectivity index (χ3n) is 3.34. The van der Waals surface area contributed by atoms with Gasteiger partial charge in [-0.2, -0.15) is 0 Å². The molecule has 0 spiro atoms. The molecule has 112 valence electrons. The zero-order valence-corrected chi connectivity index (χ0v) is 14.2. The van der Waals surface area contributed by atoms with Crippen molar-refractivity contribution in [3.05, 3.63) is 58.3 Å². The maximum atomic E-state index is 4.37. The van der Waals surface area contributed by atoms with Crippen LogP contribution >= 0.6 is 15.9 Å². The Kier molecular flexibility index (Phi) is 6.21. The van der Waals surface area contributed by atoms with E-state index in [1.54, 1.807) is 0 Å². The average molecular weight is 348 g/mol. The molecule has 0 radical (unpaired) electrons. The summed E-state index contributed by atoms with van der Waals surface area (Å²) < 4.78 is 1.15. The smallest absolute Gasteiger partial charge is 0.0598 e. The number of hydrogen-bond acceptors (Lipinski definition) is 3. The van der Waals surface area contributed by atoms with Crippen LogP contribution in [0.2, 0.25) is 0 Å². The van der Waals surface area contributed by atoms with E-state index in [-0.39, 0.29) is 0 Å². The summed E-state index contributed by atoms with van der Waals surface area (Å²) in [6.07, 6.45) is 2.99. The Balaban J connectivity index is 2.01. The van der Waals surface area contributed by atoms with Crippen LogP contribution in [0.4, 0.5) is 5.69 Å². The molecule has 0 aliphatic rings. The highest BCUT2D eigenvalue weighted by Gasteiger charge is 2.06. The van der Waals surface area contributed by atoms with Crippen LogP contribution in [0.15, 0.2) is 47.1 Å². The van der Waals surface area contributed by atoms with E-state index in [0.717, 1.165) is 36.2 Å². The lowest BCUT2D eigenvalue weighted by atomic mass is 10.2. The lowest BCUT2D eigenvalue weighted by Gasteiger charge is -2.20. The standard InChI is InChI=1S/C17H22BrN3/c1-3-9-19-12-14-7-8-16(11-17(14)18)21(2)13-15-6-4-5-10-20-15/h4-8,10-11,19H,3,9,12-13H2,1-2H3. The zero-order valence-electron chi connectivity index (χ0n) is 12.6. The van der Waals surface area contributed by atoms with Crippen LogP contribution in [-0.2, 0) is 13.1 Å². The number of halogens is 1. The van der Waals surface area contributed by atoms with E-state index in [9.17, 15) is 0 Å². The molecule has 0 bridgehead atoms. The number of hydrogen-bond donors (Lipinski definition) is 1. The summed E-state index contributed by atoms with van der Waals surface area (Å²) in [4.78, 5) is 6.58. The van der Waals surface area contributed by atoms with Gasteiger partial charge in [-0.05, 0) is 42.8 Å². The van der Waals surface area contributed by atoms with Crippen LogP contribution in [0.1, 0.15) is 24.6 Å². The molecule has 0 atom stereocenters. The summed E-state index contributed by atoms with van der Waals surface area (Å²) >= 11 is 3.67. The highest BCUT2D eigenvalue weighted by Crippen LogP contribution is 2.24. The van der Waals surface area contributed by atoms with Gasteiger partial charge in [-0.1, -0.05) is 35.0 Å². The van der Waals surface area contributed by atoms with Crippen molar-refractivity contribution >= 4 is 21.6 Å². The van der Waals surface area contributed by atoms with Crippen molar-refractivity contribution in [2.75, 3.05) is 18.5 Å². The topological polar surface area (TPSA) is 28.2 Å². The second-order valence-corrected chi connectivity index (χ2v) is 5.98. The van der Waals surface area contributed by atoms with Gasteiger partial charge in [0.25, 0.3) is 0 Å². The van der Waals surface area contributed by atoms with Crippen LogP contribution in [0.5, 0.6) is 0 Å². The van der Waals surface area contributed by atoms with E-state index in [4.69, 9.17) is 0 Å². The van der Waals surface area contributed by atoms with Gasteiger partial charge in [-0.25, -0.2) is 0 Å². The van der Waals surface area contributed by atoms with Crippen LogP contribution in [0.3, 0.4) is 0 Å². The maximum Gasteiger partial charge on any atom is 0.0598 e. The predicted molar refractivity (Wildman–Crippen MR) is 92.5 cm³/mol. The van der Waals surface area contributed by atoms with Crippen LogP contribution < -0.4 is 10.2 Å². The molecule has 1 aromatic heterocycles. The van der Waals surface area contributed by atoms with Crippen LogP contribution in [0.25, 0.3) is 0 Å². The van der Waals surface area contributed by atoms with Crippen molar-refractivity contribution in [1.82, 2.24) is 10.3 Å². The molecule has 2 aromatic rings. The molecule has 0 aliphatic carbocycles. The number of aromatic nitrogens is 1. The van der Waals surface area contributed by atoms with Gasteiger partial charge >= 0.3 is 0 Å². The molecule has 2 rings (SSSR count). The lowest BCUT2D eigenvalue weighted by molar-refractivity contribution is 0.674. The van der Waals surface area contributed by atoms with E-state index in [2.05, 4.69) is 69.4 Å². The summed E-state index contributed by atoms with van der Waals surface area (Å²) in [5.41, 5.74) is 3.55.